The molecule has 1 aromatic carbocycles. The van der Waals surface area contributed by atoms with Crippen molar-refractivity contribution in [1.29, 1.82) is 0 Å². The minimum Gasteiger partial charge on any atom is -0.486 e. The van der Waals surface area contributed by atoms with Crippen LogP contribution in [0.3, 0.4) is 0 Å². The molecule has 100 valence electrons. The summed E-state index contributed by atoms with van der Waals surface area (Å²) in [5.74, 6) is 0.851. The summed E-state index contributed by atoms with van der Waals surface area (Å²) in [7, 11) is 0. The fourth-order valence-corrected chi connectivity index (χ4v) is 1.92. The second kappa shape index (κ2) is 5.44. The second-order valence-corrected chi connectivity index (χ2v) is 4.95. The number of nitro groups is 1. The lowest BCUT2D eigenvalue weighted by Gasteiger charge is -2.08. The van der Waals surface area contributed by atoms with E-state index < -0.39 is 4.92 Å². The van der Waals surface area contributed by atoms with E-state index in [2.05, 4.69) is 15.9 Å². The first-order chi connectivity index (χ1) is 8.97. The molecule has 2 aromatic rings. The van der Waals surface area contributed by atoms with E-state index in [9.17, 15) is 10.1 Å². The van der Waals surface area contributed by atoms with Gasteiger partial charge < -0.3 is 9.15 Å². The Hall–Kier alpha value is -1.82. The van der Waals surface area contributed by atoms with E-state index in [0.29, 0.717) is 11.5 Å². The average Bonchev–Trinajstić information content (AvgIpc) is 2.82. The Morgan fingerprint density at radius 2 is 1.95 bits per heavy atom. The SMILES string of the molecule is Cc1cc(OCc2ccc([N+](=O)[O-])o2)cc(C)c1Br. The topological polar surface area (TPSA) is 65.5 Å². The molecule has 0 saturated heterocycles. The molecule has 0 aliphatic heterocycles. The zero-order chi connectivity index (χ0) is 14.0. The van der Waals surface area contributed by atoms with Crippen molar-refractivity contribution in [2.45, 2.75) is 20.5 Å². The molecule has 1 aromatic heterocycles. The van der Waals surface area contributed by atoms with Crippen LogP contribution in [0.1, 0.15) is 16.9 Å². The van der Waals surface area contributed by atoms with Gasteiger partial charge in [-0.3, -0.25) is 10.1 Å². The van der Waals surface area contributed by atoms with Gasteiger partial charge in [0.05, 0.1) is 6.07 Å². The van der Waals surface area contributed by atoms with Gasteiger partial charge in [-0.2, -0.15) is 0 Å². The van der Waals surface area contributed by atoms with Crippen molar-refractivity contribution in [2.24, 2.45) is 0 Å². The van der Waals surface area contributed by atoms with Gasteiger partial charge in [-0.05, 0) is 43.2 Å². The lowest BCUT2D eigenvalue weighted by Crippen LogP contribution is -1.95. The van der Waals surface area contributed by atoms with Gasteiger partial charge in [-0.15, -0.1) is 0 Å². The van der Waals surface area contributed by atoms with Crippen LogP contribution in [0.2, 0.25) is 0 Å². The van der Waals surface area contributed by atoms with Crippen LogP contribution in [0.5, 0.6) is 5.75 Å². The Labute approximate surface area is 118 Å². The largest absolute Gasteiger partial charge is 0.486 e. The summed E-state index contributed by atoms with van der Waals surface area (Å²) in [5, 5.41) is 10.5. The van der Waals surface area contributed by atoms with Gasteiger partial charge in [0.2, 0.25) is 0 Å². The van der Waals surface area contributed by atoms with E-state index in [-0.39, 0.29) is 12.5 Å². The molecule has 0 N–H and O–H groups in total. The molecule has 0 aliphatic rings. The van der Waals surface area contributed by atoms with Gasteiger partial charge in [-0.1, -0.05) is 15.9 Å². The maximum atomic E-state index is 10.5. The molecule has 0 aliphatic carbocycles. The first kappa shape index (κ1) is 13.6. The summed E-state index contributed by atoms with van der Waals surface area (Å²) in [6.45, 7) is 4.11. The van der Waals surface area contributed by atoms with Gasteiger partial charge in [-0.25, -0.2) is 0 Å². The second-order valence-electron chi connectivity index (χ2n) is 4.16. The third kappa shape index (κ3) is 3.14. The molecule has 0 bridgehead atoms. The van der Waals surface area contributed by atoms with Gasteiger partial charge in [0.1, 0.15) is 23.0 Å². The summed E-state index contributed by atoms with van der Waals surface area (Å²) < 4.78 is 11.6. The Bertz CT molecular complexity index is 598. The maximum Gasteiger partial charge on any atom is 0.433 e. The molecular formula is C13H12BrNO4. The summed E-state index contributed by atoms with van der Waals surface area (Å²) in [6.07, 6.45) is 0. The van der Waals surface area contributed by atoms with Crippen LogP contribution in [0, 0.1) is 24.0 Å². The molecule has 0 fully saturated rings. The molecule has 0 unspecified atom stereocenters. The number of hydrogen-bond donors (Lipinski definition) is 0. The highest BCUT2D eigenvalue weighted by Gasteiger charge is 2.12. The monoisotopic (exact) mass is 325 g/mol. The van der Waals surface area contributed by atoms with Crippen molar-refractivity contribution in [1.82, 2.24) is 0 Å². The van der Waals surface area contributed by atoms with Crippen molar-refractivity contribution in [2.75, 3.05) is 0 Å². The van der Waals surface area contributed by atoms with Crippen LogP contribution in [0.25, 0.3) is 0 Å². The van der Waals surface area contributed by atoms with Crippen molar-refractivity contribution in [3.63, 3.8) is 0 Å². The molecule has 0 saturated carbocycles. The lowest BCUT2D eigenvalue weighted by atomic mass is 10.1. The van der Waals surface area contributed by atoms with Crippen LogP contribution in [0.4, 0.5) is 5.88 Å². The molecule has 0 amide bonds. The number of rotatable bonds is 4. The number of benzene rings is 1. The summed E-state index contributed by atoms with van der Waals surface area (Å²) in [5.41, 5.74) is 2.14. The Morgan fingerprint density at radius 3 is 2.47 bits per heavy atom. The zero-order valence-electron chi connectivity index (χ0n) is 10.5. The molecular weight excluding hydrogens is 314 g/mol. The fourth-order valence-electron chi connectivity index (χ4n) is 1.69. The maximum absolute atomic E-state index is 10.5. The lowest BCUT2D eigenvalue weighted by molar-refractivity contribution is -0.402. The standard InChI is InChI=1S/C13H12BrNO4/c1-8-5-11(6-9(2)13(8)14)18-7-10-3-4-12(19-10)15(16)17/h3-6H,7H2,1-2H3. The third-order valence-corrected chi connectivity index (χ3v) is 3.87. The highest BCUT2D eigenvalue weighted by Crippen LogP contribution is 2.27. The first-order valence-corrected chi connectivity index (χ1v) is 6.39. The number of furan rings is 1. The predicted octanol–water partition coefficient (Wildman–Crippen LogP) is 4.15. The molecule has 1 heterocycles. The van der Waals surface area contributed by atoms with Crippen molar-refractivity contribution in [3.8, 4) is 5.75 Å². The van der Waals surface area contributed by atoms with Crippen molar-refractivity contribution in [3.05, 3.63) is 55.7 Å². The summed E-state index contributed by atoms with van der Waals surface area (Å²) >= 11 is 3.48. The molecule has 0 spiro atoms. The van der Waals surface area contributed by atoms with Crippen molar-refractivity contribution >= 4 is 21.8 Å². The molecule has 5 nitrogen and oxygen atoms in total. The Balaban J connectivity index is 2.08. The number of hydrogen-bond acceptors (Lipinski definition) is 4. The molecule has 6 heteroatoms. The highest BCUT2D eigenvalue weighted by atomic mass is 79.9. The van der Waals surface area contributed by atoms with Gasteiger partial charge in [0.25, 0.3) is 0 Å². The number of halogens is 1. The normalized spacial score (nSPS) is 10.5. The van der Waals surface area contributed by atoms with E-state index in [4.69, 9.17) is 9.15 Å². The molecule has 0 atom stereocenters. The van der Waals surface area contributed by atoms with Crippen LogP contribution in [-0.2, 0) is 6.61 Å². The molecule has 2 rings (SSSR count). The Morgan fingerprint density at radius 1 is 1.32 bits per heavy atom. The zero-order valence-corrected chi connectivity index (χ0v) is 12.1. The number of nitrogens with zero attached hydrogens (tertiary/aromatic N) is 1. The predicted molar refractivity (Wildman–Crippen MR) is 73.3 cm³/mol. The first-order valence-electron chi connectivity index (χ1n) is 5.60. The average molecular weight is 326 g/mol. The summed E-state index contributed by atoms with van der Waals surface area (Å²) in [6, 6.07) is 6.65. The molecule has 0 radical (unpaired) electrons. The number of aryl methyl sites for hydroxylation is 2. The van der Waals surface area contributed by atoms with Crippen molar-refractivity contribution < 1.29 is 14.1 Å². The quantitative estimate of drug-likeness (QED) is 0.625. The summed E-state index contributed by atoms with van der Waals surface area (Å²) in [4.78, 5) is 9.91. The van der Waals surface area contributed by atoms with Gasteiger partial charge in [0, 0.05) is 4.47 Å². The van der Waals surface area contributed by atoms with E-state index >= 15 is 0 Å². The van der Waals surface area contributed by atoms with Crippen LogP contribution >= 0.6 is 15.9 Å². The highest BCUT2D eigenvalue weighted by molar-refractivity contribution is 9.10. The fraction of sp³-hybridized carbons (Fsp3) is 0.231. The van der Waals surface area contributed by atoms with Crippen LogP contribution in [0.15, 0.2) is 33.2 Å². The number of ether oxygens (including phenoxy) is 1. The van der Waals surface area contributed by atoms with E-state index in [1.807, 2.05) is 26.0 Å². The van der Waals surface area contributed by atoms with Gasteiger partial charge >= 0.3 is 5.88 Å². The van der Waals surface area contributed by atoms with Gasteiger partial charge in [0.15, 0.2) is 0 Å². The van der Waals surface area contributed by atoms with E-state index in [1.54, 1.807) is 0 Å². The minimum atomic E-state index is -0.572. The van der Waals surface area contributed by atoms with E-state index in [1.165, 1.54) is 12.1 Å². The van der Waals surface area contributed by atoms with Crippen LogP contribution in [-0.4, -0.2) is 4.92 Å². The Kier molecular flexibility index (Phi) is 3.90. The van der Waals surface area contributed by atoms with Crippen LogP contribution < -0.4 is 4.74 Å². The minimum absolute atomic E-state index is 0.161. The van der Waals surface area contributed by atoms with E-state index in [0.717, 1.165) is 15.6 Å². The molecule has 19 heavy (non-hydrogen) atoms. The third-order valence-electron chi connectivity index (χ3n) is 2.62. The smallest absolute Gasteiger partial charge is 0.433 e.